The Morgan fingerprint density at radius 3 is 2.44 bits per heavy atom. The van der Waals surface area contributed by atoms with E-state index in [1.54, 1.807) is 31.9 Å². The summed E-state index contributed by atoms with van der Waals surface area (Å²) in [6.45, 7) is 1.96. The van der Waals surface area contributed by atoms with E-state index in [1.807, 2.05) is 12.1 Å². The van der Waals surface area contributed by atoms with Crippen LogP contribution in [0, 0.1) is 0 Å². The van der Waals surface area contributed by atoms with Crippen LogP contribution in [-0.4, -0.2) is 29.9 Å². The Hall–Kier alpha value is -2.61. The smallest absolute Gasteiger partial charge is 0.416 e. The minimum atomic E-state index is -4.41. The van der Waals surface area contributed by atoms with Crippen molar-refractivity contribution in [1.82, 2.24) is 4.98 Å². The highest BCUT2D eigenvalue weighted by atomic mass is 32.2. The molecule has 0 saturated heterocycles. The average Bonchev–Trinajstić information content (AvgIpc) is 3.21. The summed E-state index contributed by atoms with van der Waals surface area (Å²) in [6.07, 6.45) is 1.13. The van der Waals surface area contributed by atoms with Gasteiger partial charge in [0.05, 0.1) is 24.5 Å². The molecule has 1 aromatic heterocycles. The van der Waals surface area contributed by atoms with E-state index in [9.17, 15) is 18.0 Å². The molecule has 1 heterocycles. The second kappa shape index (κ2) is 10.3. The number of alkyl halides is 3. The number of benzene rings is 2. The Morgan fingerprint density at radius 2 is 1.82 bits per heavy atom. The van der Waals surface area contributed by atoms with Gasteiger partial charge >= 0.3 is 12.1 Å². The van der Waals surface area contributed by atoms with Gasteiger partial charge in [0.2, 0.25) is 0 Å². The van der Waals surface area contributed by atoms with Crippen molar-refractivity contribution in [3.63, 3.8) is 0 Å². The summed E-state index contributed by atoms with van der Waals surface area (Å²) >= 11 is 1.72. The fourth-order valence-electron chi connectivity index (χ4n) is 4.51. The van der Waals surface area contributed by atoms with Crippen LogP contribution in [0.25, 0.3) is 10.9 Å². The van der Waals surface area contributed by atoms with E-state index in [0.717, 1.165) is 59.8 Å². The van der Waals surface area contributed by atoms with E-state index in [2.05, 4.69) is 4.98 Å². The van der Waals surface area contributed by atoms with Crippen molar-refractivity contribution in [3.8, 4) is 5.75 Å². The Labute approximate surface area is 201 Å². The normalized spacial score (nSPS) is 15.9. The molecular weight excluding hydrogens is 463 g/mol. The van der Waals surface area contributed by atoms with Gasteiger partial charge < -0.3 is 14.5 Å². The van der Waals surface area contributed by atoms with Gasteiger partial charge in [-0.15, -0.1) is 11.8 Å². The average molecular weight is 492 g/mol. The van der Waals surface area contributed by atoms with E-state index >= 15 is 0 Å². The van der Waals surface area contributed by atoms with Gasteiger partial charge in [-0.2, -0.15) is 13.2 Å². The summed E-state index contributed by atoms with van der Waals surface area (Å²) in [4.78, 5) is 16.2. The molecule has 8 heteroatoms. The maximum absolute atomic E-state index is 13.2. The largest absolute Gasteiger partial charge is 0.497 e. The van der Waals surface area contributed by atoms with E-state index in [4.69, 9.17) is 9.47 Å². The lowest BCUT2D eigenvalue weighted by Gasteiger charge is -2.27. The van der Waals surface area contributed by atoms with Gasteiger partial charge in [-0.3, -0.25) is 0 Å². The Kier molecular flexibility index (Phi) is 7.45. The van der Waals surface area contributed by atoms with Crippen molar-refractivity contribution in [2.45, 2.75) is 55.7 Å². The van der Waals surface area contributed by atoms with Crippen LogP contribution in [-0.2, 0) is 10.9 Å². The van der Waals surface area contributed by atoms with Crippen molar-refractivity contribution in [3.05, 3.63) is 64.8 Å². The molecule has 2 aromatic carbocycles. The summed E-state index contributed by atoms with van der Waals surface area (Å²) in [6, 6.07) is 10.8. The lowest BCUT2D eigenvalue weighted by Crippen LogP contribution is -2.15. The van der Waals surface area contributed by atoms with Crippen molar-refractivity contribution < 1.29 is 27.4 Å². The zero-order chi connectivity index (χ0) is 24.3. The Bertz CT molecular complexity index is 1130. The fourth-order valence-corrected chi connectivity index (χ4v) is 6.19. The highest BCUT2D eigenvalue weighted by Gasteiger charge is 2.33. The molecule has 1 unspecified atom stereocenters. The summed E-state index contributed by atoms with van der Waals surface area (Å²) in [5.74, 6) is 0.158. The number of ether oxygens (including phenoxy) is 2. The van der Waals surface area contributed by atoms with Gasteiger partial charge in [-0.05, 0) is 55.7 Å². The number of carbonyl (C=O) groups excluding carboxylic acids is 1. The molecule has 0 amide bonds. The maximum Gasteiger partial charge on any atom is 0.416 e. The number of nitrogens with one attached hydrogen (secondary N) is 1. The number of halogens is 3. The minimum Gasteiger partial charge on any atom is -0.497 e. The number of aromatic amines is 1. The van der Waals surface area contributed by atoms with E-state index in [-0.39, 0.29) is 11.9 Å². The van der Waals surface area contributed by atoms with Gasteiger partial charge in [0.1, 0.15) is 11.4 Å². The highest BCUT2D eigenvalue weighted by Crippen LogP contribution is 2.47. The first-order chi connectivity index (χ1) is 16.3. The van der Waals surface area contributed by atoms with Crippen LogP contribution in [0.3, 0.4) is 0 Å². The third-order valence-corrected chi connectivity index (χ3v) is 7.85. The number of H-pyrrole nitrogens is 1. The number of rotatable bonds is 7. The molecule has 0 radical (unpaired) electrons. The highest BCUT2D eigenvalue weighted by molar-refractivity contribution is 8.00. The molecule has 4 rings (SSSR count). The molecule has 182 valence electrons. The molecule has 1 aliphatic carbocycles. The number of hydrogen-bond donors (Lipinski definition) is 1. The molecule has 1 fully saturated rings. The van der Waals surface area contributed by atoms with Gasteiger partial charge in [-0.25, -0.2) is 4.79 Å². The first-order valence-corrected chi connectivity index (χ1v) is 12.5. The number of methoxy groups -OCH3 is 1. The van der Waals surface area contributed by atoms with Crippen LogP contribution in [0.15, 0.2) is 42.5 Å². The second-order valence-electron chi connectivity index (χ2n) is 8.44. The van der Waals surface area contributed by atoms with Crippen LogP contribution in [0.5, 0.6) is 5.75 Å². The van der Waals surface area contributed by atoms with E-state index < -0.39 is 17.7 Å². The van der Waals surface area contributed by atoms with Gasteiger partial charge in [0.15, 0.2) is 0 Å². The zero-order valence-electron chi connectivity index (χ0n) is 19.2. The van der Waals surface area contributed by atoms with E-state index in [0.29, 0.717) is 16.7 Å². The van der Waals surface area contributed by atoms with Gasteiger partial charge in [-0.1, -0.05) is 31.4 Å². The summed E-state index contributed by atoms with van der Waals surface area (Å²) in [5, 5.41) is 0.813. The van der Waals surface area contributed by atoms with Crippen LogP contribution in [0.2, 0.25) is 0 Å². The topological polar surface area (TPSA) is 51.3 Å². The number of thioether (sulfide) groups is 1. The molecule has 1 aliphatic rings. The Balaban J connectivity index is 1.87. The molecule has 0 spiro atoms. The molecule has 1 atom stereocenters. The van der Waals surface area contributed by atoms with Crippen LogP contribution in [0.1, 0.15) is 71.5 Å². The molecule has 34 heavy (non-hydrogen) atoms. The van der Waals surface area contributed by atoms with Crippen LogP contribution >= 0.6 is 11.8 Å². The first kappa shape index (κ1) is 24.5. The second-order valence-corrected chi connectivity index (χ2v) is 9.85. The SMILES string of the molecule is CCOC(=O)c1[nH]c2ccc(OC)cc2c1C(SC1CCCCC1)c1ccc(C(F)(F)F)cc1. The summed E-state index contributed by atoms with van der Waals surface area (Å²) < 4.78 is 50.4. The minimum absolute atomic E-state index is 0.220. The summed E-state index contributed by atoms with van der Waals surface area (Å²) in [7, 11) is 1.57. The third-order valence-electron chi connectivity index (χ3n) is 6.21. The van der Waals surface area contributed by atoms with Gasteiger partial charge in [0, 0.05) is 21.7 Å². The van der Waals surface area contributed by atoms with Crippen molar-refractivity contribution in [2.75, 3.05) is 13.7 Å². The Morgan fingerprint density at radius 1 is 1.12 bits per heavy atom. The standard InChI is InChI=1S/C26H28F3NO3S/c1-3-33-25(31)23-22(20-15-18(32-2)13-14-21(20)30-23)24(34-19-7-5-4-6-8-19)16-9-11-17(12-10-16)26(27,28)29/h9-15,19,24,30H,3-8H2,1-2H3. The number of fused-ring (bicyclic) bond motifs is 1. The maximum atomic E-state index is 13.2. The fraction of sp³-hybridized carbons (Fsp3) is 0.423. The molecule has 3 aromatic rings. The molecule has 1 N–H and O–H groups in total. The lowest BCUT2D eigenvalue weighted by atomic mass is 9.99. The van der Waals surface area contributed by atoms with Gasteiger partial charge in [0.25, 0.3) is 0 Å². The van der Waals surface area contributed by atoms with Crippen LogP contribution < -0.4 is 4.74 Å². The van der Waals surface area contributed by atoms with Crippen molar-refractivity contribution in [1.29, 1.82) is 0 Å². The number of aromatic nitrogens is 1. The zero-order valence-corrected chi connectivity index (χ0v) is 20.0. The molecule has 0 bridgehead atoms. The quantitative estimate of drug-likeness (QED) is 0.347. The lowest BCUT2D eigenvalue weighted by molar-refractivity contribution is -0.137. The number of esters is 1. The summed E-state index contributed by atoms with van der Waals surface area (Å²) in [5.41, 5.74) is 1.84. The number of carbonyl (C=O) groups is 1. The molecular formula is C26H28F3NO3S. The predicted octanol–water partition coefficient (Wildman–Crippen LogP) is 7.53. The van der Waals surface area contributed by atoms with Crippen molar-refractivity contribution >= 4 is 28.6 Å². The molecule has 1 saturated carbocycles. The molecule has 0 aliphatic heterocycles. The first-order valence-electron chi connectivity index (χ1n) is 11.5. The van der Waals surface area contributed by atoms with Crippen molar-refractivity contribution in [2.24, 2.45) is 0 Å². The van der Waals surface area contributed by atoms with Crippen LogP contribution in [0.4, 0.5) is 13.2 Å². The van der Waals surface area contributed by atoms with E-state index in [1.165, 1.54) is 18.6 Å². The molecule has 4 nitrogen and oxygen atoms in total. The number of hydrogen-bond acceptors (Lipinski definition) is 4. The monoisotopic (exact) mass is 491 g/mol. The third kappa shape index (κ3) is 5.22. The predicted molar refractivity (Wildman–Crippen MR) is 129 cm³/mol.